The molecule has 0 radical (unpaired) electrons. The highest BCUT2D eigenvalue weighted by atomic mass is 15.1. The Morgan fingerprint density at radius 2 is 2.13 bits per heavy atom. The third kappa shape index (κ3) is 2.97. The molecule has 0 aromatic heterocycles. The second-order valence-electron chi connectivity index (χ2n) is 3.91. The van der Waals surface area contributed by atoms with Crippen molar-refractivity contribution in [2.75, 3.05) is 18.5 Å². The Balaban J connectivity index is 2.83. The van der Waals surface area contributed by atoms with Crippen LogP contribution in [0.1, 0.15) is 11.1 Å². The summed E-state index contributed by atoms with van der Waals surface area (Å²) in [6, 6.07) is 7.86. The summed E-state index contributed by atoms with van der Waals surface area (Å²) < 4.78 is 0. The number of aryl methyl sites for hydroxylation is 2. The largest absolute Gasteiger partial charge is 0.372 e. The number of likely N-dealkylation sites (N-methyl/N-ethyl adjacent to an activating group) is 1. The van der Waals surface area contributed by atoms with Gasteiger partial charge >= 0.3 is 0 Å². The monoisotopic (exact) mass is 203 g/mol. The highest BCUT2D eigenvalue weighted by Gasteiger charge is 2.08. The van der Waals surface area contributed by atoms with E-state index < -0.39 is 6.04 Å². The Kier molecular flexibility index (Phi) is 3.70. The maximum atomic E-state index is 8.64. The lowest BCUT2D eigenvalue weighted by Crippen LogP contribution is -2.34. The molecule has 1 atom stereocenters. The van der Waals surface area contributed by atoms with Gasteiger partial charge in [0.05, 0.1) is 6.07 Å². The third-order valence-corrected chi connectivity index (χ3v) is 2.40. The van der Waals surface area contributed by atoms with E-state index in [1.54, 1.807) is 0 Å². The van der Waals surface area contributed by atoms with E-state index in [2.05, 4.69) is 32.0 Å². The van der Waals surface area contributed by atoms with Crippen LogP contribution in [0, 0.1) is 25.2 Å². The summed E-state index contributed by atoms with van der Waals surface area (Å²) in [6.45, 7) is 4.69. The molecule has 15 heavy (non-hydrogen) atoms. The number of anilines is 1. The maximum Gasteiger partial charge on any atom is 0.110 e. The summed E-state index contributed by atoms with van der Waals surface area (Å²) in [5, 5.41) is 8.64. The molecule has 80 valence electrons. The number of nitriles is 1. The molecule has 1 aromatic carbocycles. The predicted molar refractivity (Wildman–Crippen MR) is 62.8 cm³/mol. The van der Waals surface area contributed by atoms with Crippen LogP contribution in [0.4, 0.5) is 5.69 Å². The van der Waals surface area contributed by atoms with Crippen molar-refractivity contribution in [1.82, 2.24) is 0 Å². The first kappa shape index (κ1) is 11.5. The molecule has 0 saturated heterocycles. The Morgan fingerprint density at radius 3 is 2.67 bits per heavy atom. The Labute approximate surface area is 91.1 Å². The lowest BCUT2D eigenvalue weighted by Gasteiger charge is -2.22. The lowest BCUT2D eigenvalue weighted by molar-refractivity contribution is 0.783. The normalized spacial score (nSPS) is 11.9. The molecule has 0 bridgehead atoms. The van der Waals surface area contributed by atoms with Crippen molar-refractivity contribution in [3.8, 4) is 6.07 Å². The van der Waals surface area contributed by atoms with E-state index in [0.717, 1.165) is 5.69 Å². The Bertz CT molecular complexity index is 379. The average molecular weight is 203 g/mol. The molecule has 3 nitrogen and oxygen atoms in total. The van der Waals surface area contributed by atoms with E-state index in [4.69, 9.17) is 11.0 Å². The molecule has 0 fully saturated rings. The average Bonchev–Trinajstić information content (AvgIpc) is 2.17. The minimum atomic E-state index is -0.435. The van der Waals surface area contributed by atoms with Crippen LogP contribution in [-0.4, -0.2) is 19.6 Å². The summed E-state index contributed by atoms with van der Waals surface area (Å²) in [5.74, 6) is 0. The van der Waals surface area contributed by atoms with Crippen molar-refractivity contribution >= 4 is 5.69 Å². The van der Waals surface area contributed by atoms with Gasteiger partial charge in [-0.3, -0.25) is 0 Å². The molecular weight excluding hydrogens is 186 g/mol. The summed E-state index contributed by atoms with van der Waals surface area (Å²) in [5.41, 5.74) is 9.17. The first-order valence-corrected chi connectivity index (χ1v) is 4.98. The maximum absolute atomic E-state index is 8.64. The smallest absolute Gasteiger partial charge is 0.110 e. The van der Waals surface area contributed by atoms with Gasteiger partial charge in [-0.1, -0.05) is 17.7 Å². The van der Waals surface area contributed by atoms with Gasteiger partial charge in [0.1, 0.15) is 6.04 Å². The summed E-state index contributed by atoms with van der Waals surface area (Å²) in [6.07, 6.45) is 0. The molecule has 1 rings (SSSR count). The van der Waals surface area contributed by atoms with Crippen molar-refractivity contribution < 1.29 is 0 Å². The zero-order valence-corrected chi connectivity index (χ0v) is 9.49. The molecule has 0 spiro atoms. The molecule has 0 aliphatic carbocycles. The van der Waals surface area contributed by atoms with Crippen molar-refractivity contribution in [2.24, 2.45) is 5.73 Å². The van der Waals surface area contributed by atoms with E-state index in [0.29, 0.717) is 6.54 Å². The quantitative estimate of drug-likeness (QED) is 0.811. The summed E-state index contributed by atoms with van der Waals surface area (Å²) in [7, 11) is 1.95. The molecule has 1 aromatic rings. The SMILES string of the molecule is Cc1ccc(N(C)CC(N)C#N)c(C)c1. The number of nitrogens with two attached hydrogens (primary N) is 1. The van der Waals surface area contributed by atoms with E-state index >= 15 is 0 Å². The van der Waals surface area contributed by atoms with Crippen molar-refractivity contribution in [2.45, 2.75) is 19.9 Å². The van der Waals surface area contributed by atoms with Crippen LogP contribution in [0.3, 0.4) is 0 Å². The van der Waals surface area contributed by atoms with Crippen LogP contribution in [0.15, 0.2) is 18.2 Å². The molecule has 0 saturated carbocycles. The fourth-order valence-corrected chi connectivity index (χ4v) is 1.67. The van der Waals surface area contributed by atoms with Gasteiger partial charge in [-0.05, 0) is 25.5 Å². The minimum absolute atomic E-state index is 0.435. The Morgan fingerprint density at radius 1 is 1.47 bits per heavy atom. The fourth-order valence-electron chi connectivity index (χ4n) is 1.67. The standard InChI is InChI=1S/C12H17N3/c1-9-4-5-12(10(2)6-9)15(3)8-11(14)7-13/h4-6,11H,8,14H2,1-3H3. The van der Waals surface area contributed by atoms with Crippen LogP contribution in [-0.2, 0) is 0 Å². The number of hydrogen-bond acceptors (Lipinski definition) is 3. The topological polar surface area (TPSA) is 53.0 Å². The van der Waals surface area contributed by atoms with Crippen LogP contribution in [0.25, 0.3) is 0 Å². The van der Waals surface area contributed by atoms with E-state index in [1.165, 1.54) is 11.1 Å². The number of rotatable bonds is 3. The molecule has 1 unspecified atom stereocenters. The Hall–Kier alpha value is -1.53. The number of benzene rings is 1. The van der Waals surface area contributed by atoms with Gasteiger partial charge in [0, 0.05) is 19.3 Å². The zero-order chi connectivity index (χ0) is 11.4. The minimum Gasteiger partial charge on any atom is -0.372 e. The third-order valence-electron chi connectivity index (χ3n) is 2.40. The van der Waals surface area contributed by atoms with Gasteiger partial charge in [-0.15, -0.1) is 0 Å². The van der Waals surface area contributed by atoms with Crippen molar-refractivity contribution in [3.05, 3.63) is 29.3 Å². The van der Waals surface area contributed by atoms with Crippen LogP contribution in [0.2, 0.25) is 0 Å². The fraction of sp³-hybridized carbons (Fsp3) is 0.417. The first-order chi connectivity index (χ1) is 7.04. The van der Waals surface area contributed by atoms with Gasteiger partial charge in [0.15, 0.2) is 0 Å². The second-order valence-corrected chi connectivity index (χ2v) is 3.91. The van der Waals surface area contributed by atoms with E-state index in [-0.39, 0.29) is 0 Å². The number of hydrogen-bond donors (Lipinski definition) is 1. The van der Waals surface area contributed by atoms with Crippen molar-refractivity contribution in [3.63, 3.8) is 0 Å². The van der Waals surface area contributed by atoms with Gasteiger partial charge in [0.25, 0.3) is 0 Å². The molecule has 0 amide bonds. The zero-order valence-electron chi connectivity index (χ0n) is 9.49. The van der Waals surface area contributed by atoms with E-state index in [1.807, 2.05) is 18.0 Å². The summed E-state index contributed by atoms with van der Waals surface area (Å²) >= 11 is 0. The van der Waals surface area contributed by atoms with Gasteiger partial charge < -0.3 is 10.6 Å². The second kappa shape index (κ2) is 4.81. The summed E-state index contributed by atoms with van der Waals surface area (Å²) in [4.78, 5) is 2.02. The molecule has 0 heterocycles. The molecular formula is C12H17N3. The lowest BCUT2D eigenvalue weighted by atomic mass is 10.1. The van der Waals surface area contributed by atoms with Gasteiger partial charge in [0.2, 0.25) is 0 Å². The van der Waals surface area contributed by atoms with Crippen molar-refractivity contribution in [1.29, 1.82) is 5.26 Å². The molecule has 0 aliphatic heterocycles. The molecule has 3 heteroatoms. The highest BCUT2D eigenvalue weighted by Crippen LogP contribution is 2.19. The van der Waals surface area contributed by atoms with Crippen LogP contribution < -0.4 is 10.6 Å². The highest BCUT2D eigenvalue weighted by molar-refractivity contribution is 5.54. The molecule has 0 aliphatic rings. The van der Waals surface area contributed by atoms with E-state index in [9.17, 15) is 0 Å². The van der Waals surface area contributed by atoms with Gasteiger partial charge in [-0.2, -0.15) is 5.26 Å². The van der Waals surface area contributed by atoms with Crippen LogP contribution in [0.5, 0.6) is 0 Å². The number of nitrogens with zero attached hydrogens (tertiary/aromatic N) is 2. The van der Waals surface area contributed by atoms with Crippen LogP contribution >= 0.6 is 0 Å². The first-order valence-electron chi connectivity index (χ1n) is 4.98. The van der Waals surface area contributed by atoms with Gasteiger partial charge in [-0.25, -0.2) is 0 Å². The molecule has 2 N–H and O–H groups in total. The predicted octanol–water partition coefficient (Wildman–Crippen LogP) is 1.59.